The van der Waals surface area contributed by atoms with Crippen LogP contribution in [0.15, 0.2) is 33.3 Å². The summed E-state index contributed by atoms with van der Waals surface area (Å²) in [5, 5.41) is 5.33. The van der Waals surface area contributed by atoms with E-state index >= 15 is 0 Å². The summed E-state index contributed by atoms with van der Waals surface area (Å²) in [5.41, 5.74) is 3.39. The lowest BCUT2D eigenvalue weighted by Gasteiger charge is -2.00. The van der Waals surface area contributed by atoms with Crippen molar-refractivity contribution in [2.24, 2.45) is 0 Å². The molecule has 4 rings (SSSR count). The highest BCUT2D eigenvalue weighted by atomic mass is 32.2. The SMILES string of the molecule is Cc1csc(SCc2csc(Cc3ccc4c(c3)OCO4)n2)n1. The van der Waals surface area contributed by atoms with Gasteiger partial charge < -0.3 is 9.47 Å². The summed E-state index contributed by atoms with van der Waals surface area (Å²) in [5.74, 6) is 2.52. The first-order valence-corrected chi connectivity index (χ1v) is 9.87. The van der Waals surface area contributed by atoms with Crippen molar-refractivity contribution in [3.05, 3.63) is 50.9 Å². The lowest BCUT2D eigenvalue weighted by atomic mass is 10.1. The first kappa shape index (κ1) is 15.0. The number of benzene rings is 1. The fourth-order valence-electron chi connectivity index (χ4n) is 2.26. The fourth-order valence-corrected chi connectivity index (χ4v) is 4.93. The van der Waals surface area contributed by atoms with Crippen LogP contribution in [-0.4, -0.2) is 16.8 Å². The van der Waals surface area contributed by atoms with Crippen molar-refractivity contribution in [2.75, 3.05) is 6.79 Å². The number of thioether (sulfide) groups is 1. The average molecular weight is 363 g/mol. The van der Waals surface area contributed by atoms with Gasteiger partial charge in [0, 0.05) is 28.6 Å². The van der Waals surface area contributed by atoms with Gasteiger partial charge in [-0.2, -0.15) is 0 Å². The Morgan fingerprint density at radius 1 is 1.13 bits per heavy atom. The minimum absolute atomic E-state index is 0.313. The molecule has 0 radical (unpaired) electrons. The van der Waals surface area contributed by atoms with Gasteiger partial charge in [0.2, 0.25) is 6.79 Å². The highest BCUT2D eigenvalue weighted by Gasteiger charge is 2.14. The van der Waals surface area contributed by atoms with Gasteiger partial charge in [-0.25, -0.2) is 9.97 Å². The van der Waals surface area contributed by atoms with Gasteiger partial charge >= 0.3 is 0 Å². The summed E-state index contributed by atoms with van der Waals surface area (Å²) in [6.45, 7) is 2.33. The first-order chi connectivity index (χ1) is 11.3. The van der Waals surface area contributed by atoms with Crippen molar-refractivity contribution in [1.82, 2.24) is 9.97 Å². The first-order valence-electron chi connectivity index (χ1n) is 7.13. The zero-order valence-corrected chi connectivity index (χ0v) is 14.9. The van der Waals surface area contributed by atoms with Crippen molar-refractivity contribution >= 4 is 34.4 Å². The molecule has 118 valence electrons. The van der Waals surface area contributed by atoms with Crippen LogP contribution in [0.2, 0.25) is 0 Å². The molecule has 0 spiro atoms. The van der Waals surface area contributed by atoms with Gasteiger partial charge in [-0.15, -0.1) is 22.7 Å². The molecule has 7 heteroatoms. The second kappa shape index (κ2) is 6.51. The Balaban J connectivity index is 1.39. The van der Waals surface area contributed by atoms with Crippen molar-refractivity contribution in [2.45, 2.75) is 23.4 Å². The number of fused-ring (bicyclic) bond motifs is 1. The van der Waals surface area contributed by atoms with Gasteiger partial charge in [0.1, 0.15) is 4.34 Å². The number of aromatic nitrogens is 2. The highest BCUT2D eigenvalue weighted by molar-refractivity contribution is 8.00. The zero-order chi connectivity index (χ0) is 15.6. The van der Waals surface area contributed by atoms with E-state index in [0.717, 1.165) is 44.4 Å². The summed E-state index contributed by atoms with van der Waals surface area (Å²) in [4.78, 5) is 9.19. The van der Waals surface area contributed by atoms with Crippen LogP contribution in [0, 0.1) is 6.92 Å². The van der Waals surface area contributed by atoms with E-state index in [4.69, 9.17) is 14.5 Å². The van der Waals surface area contributed by atoms with Crippen LogP contribution in [0.3, 0.4) is 0 Å². The molecule has 3 aromatic rings. The molecule has 1 aliphatic heterocycles. The standard InChI is InChI=1S/C16H14N2O2S3/c1-10-6-22-16(17-10)23-8-12-7-21-15(18-12)5-11-2-3-13-14(4-11)20-9-19-13/h2-4,6-7H,5,8-9H2,1H3. The van der Waals surface area contributed by atoms with Crippen LogP contribution < -0.4 is 9.47 Å². The summed E-state index contributed by atoms with van der Waals surface area (Å²) >= 11 is 5.14. The van der Waals surface area contributed by atoms with E-state index in [9.17, 15) is 0 Å². The molecule has 1 aliphatic rings. The Morgan fingerprint density at radius 3 is 2.91 bits per heavy atom. The predicted octanol–water partition coefficient (Wildman–Crippen LogP) is 4.52. The van der Waals surface area contributed by atoms with Crippen LogP contribution in [0.4, 0.5) is 0 Å². The van der Waals surface area contributed by atoms with E-state index in [1.54, 1.807) is 34.4 Å². The third kappa shape index (κ3) is 3.52. The molecule has 0 N–H and O–H groups in total. The van der Waals surface area contributed by atoms with Crippen LogP contribution in [0.25, 0.3) is 0 Å². The molecule has 0 fully saturated rings. The Hall–Kier alpha value is -1.57. The summed E-state index contributed by atoms with van der Waals surface area (Å²) in [6, 6.07) is 6.07. The van der Waals surface area contributed by atoms with Crippen LogP contribution in [0.1, 0.15) is 22.0 Å². The Labute approximate surface area is 146 Å². The highest BCUT2D eigenvalue weighted by Crippen LogP contribution is 2.33. The van der Waals surface area contributed by atoms with Gasteiger partial charge in [0.25, 0.3) is 0 Å². The number of thiazole rings is 2. The summed E-state index contributed by atoms with van der Waals surface area (Å²) < 4.78 is 11.9. The molecule has 2 aromatic heterocycles. The Morgan fingerprint density at radius 2 is 2.04 bits per heavy atom. The van der Waals surface area contributed by atoms with Crippen molar-refractivity contribution in [1.29, 1.82) is 0 Å². The fraction of sp³-hybridized carbons (Fsp3) is 0.250. The minimum Gasteiger partial charge on any atom is -0.454 e. The Kier molecular flexibility index (Phi) is 4.24. The third-order valence-electron chi connectivity index (χ3n) is 3.33. The topological polar surface area (TPSA) is 44.2 Å². The molecule has 3 heterocycles. The van der Waals surface area contributed by atoms with Gasteiger partial charge in [0.15, 0.2) is 11.5 Å². The van der Waals surface area contributed by atoms with E-state index in [1.807, 2.05) is 19.1 Å². The molecule has 0 unspecified atom stereocenters. The van der Waals surface area contributed by atoms with Gasteiger partial charge in [-0.3, -0.25) is 0 Å². The molecule has 0 saturated carbocycles. The van der Waals surface area contributed by atoms with Crippen molar-refractivity contribution in [3.8, 4) is 11.5 Å². The normalized spacial score (nSPS) is 12.7. The lowest BCUT2D eigenvalue weighted by Crippen LogP contribution is -1.93. The van der Waals surface area contributed by atoms with E-state index in [2.05, 4.69) is 21.8 Å². The van der Waals surface area contributed by atoms with E-state index in [0.29, 0.717) is 6.79 Å². The van der Waals surface area contributed by atoms with Crippen LogP contribution >= 0.6 is 34.4 Å². The molecule has 0 saturated heterocycles. The molecule has 0 bridgehead atoms. The summed E-state index contributed by atoms with van der Waals surface area (Å²) in [6.07, 6.45) is 0.822. The monoisotopic (exact) mass is 362 g/mol. The smallest absolute Gasteiger partial charge is 0.231 e. The van der Waals surface area contributed by atoms with E-state index in [1.165, 1.54) is 5.56 Å². The maximum atomic E-state index is 5.42. The van der Waals surface area contributed by atoms with Crippen molar-refractivity contribution < 1.29 is 9.47 Å². The molecule has 0 atom stereocenters. The van der Waals surface area contributed by atoms with Crippen molar-refractivity contribution in [3.63, 3.8) is 0 Å². The number of ether oxygens (including phenoxy) is 2. The molecule has 23 heavy (non-hydrogen) atoms. The largest absolute Gasteiger partial charge is 0.454 e. The number of hydrogen-bond acceptors (Lipinski definition) is 7. The van der Waals surface area contributed by atoms with Gasteiger partial charge in [-0.05, 0) is 24.6 Å². The molecular formula is C16H14N2O2S3. The van der Waals surface area contributed by atoms with Gasteiger partial charge in [0.05, 0.1) is 10.7 Å². The maximum absolute atomic E-state index is 5.42. The molecule has 0 amide bonds. The predicted molar refractivity (Wildman–Crippen MR) is 93.9 cm³/mol. The average Bonchev–Trinajstić information content (AvgIpc) is 3.26. The maximum Gasteiger partial charge on any atom is 0.231 e. The van der Waals surface area contributed by atoms with Gasteiger partial charge in [-0.1, -0.05) is 17.8 Å². The lowest BCUT2D eigenvalue weighted by molar-refractivity contribution is 0.174. The second-order valence-corrected chi connectivity index (χ2v) is 8.16. The Bertz CT molecular complexity index is 828. The van der Waals surface area contributed by atoms with Crippen LogP contribution in [-0.2, 0) is 12.2 Å². The number of hydrogen-bond donors (Lipinski definition) is 0. The molecular weight excluding hydrogens is 348 g/mol. The number of rotatable bonds is 5. The summed E-state index contributed by atoms with van der Waals surface area (Å²) in [7, 11) is 0. The van der Waals surface area contributed by atoms with E-state index in [-0.39, 0.29) is 0 Å². The third-order valence-corrected chi connectivity index (χ3v) is 6.40. The second-order valence-electron chi connectivity index (χ2n) is 5.14. The number of nitrogens with zero attached hydrogens (tertiary/aromatic N) is 2. The van der Waals surface area contributed by atoms with E-state index < -0.39 is 0 Å². The van der Waals surface area contributed by atoms with Crippen LogP contribution in [0.5, 0.6) is 11.5 Å². The molecule has 4 nitrogen and oxygen atoms in total. The minimum atomic E-state index is 0.313. The molecule has 0 aliphatic carbocycles. The zero-order valence-electron chi connectivity index (χ0n) is 12.4. The quantitative estimate of drug-likeness (QED) is 0.624. The number of aryl methyl sites for hydroxylation is 1. The molecule has 1 aromatic carbocycles.